The lowest BCUT2D eigenvalue weighted by Crippen LogP contribution is -2.30. The highest BCUT2D eigenvalue weighted by atomic mass is 32.2. The molecule has 0 radical (unpaired) electrons. The Hall–Kier alpha value is -3.30. The minimum absolute atomic E-state index is 0.0562. The zero-order valence-corrected chi connectivity index (χ0v) is 16.3. The predicted molar refractivity (Wildman–Crippen MR) is 103 cm³/mol. The molecule has 0 saturated carbocycles. The lowest BCUT2D eigenvalue weighted by atomic mass is 10.2. The van der Waals surface area contributed by atoms with Gasteiger partial charge in [-0.3, -0.25) is 9.59 Å². The second-order valence-electron chi connectivity index (χ2n) is 6.11. The second-order valence-corrected chi connectivity index (χ2v) is 7.88. The van der Waals surface area contributed by atoms with E-state index in [4.69, 9.17) is 9.26 Å². The molecule has 0 bridgehead atoms. The van der Waals surface area contributed by atoms with Gasteiger partial charge in [-0.05, 0) is 19.1 Å². The van der Waals surface area contributed by atoms with Crippen molar-refractivity contribution in [1.29, 1.82) is 0 Å². The molecule has 0 aliphatic heterocycles. The fourth-order valence-corrected chi connectivity index (χ4v) is 3.40. The average molecular weight is 414 g/mol. The van der Waals surface area contributed by atoms with Crippen molar-refractivity contribution in [1.82, 2.24) is 9.88 Å². The molecule has 0 saturated heterocycles. The average Bonchev–Trinajstić information content (AvgIpc) is 3.20. The third kappa shape index (κ3) is 5.37. The van der Waals surface area contributed by atoms with Crippen molar-refractivity contribution < 1.29 is 27.3 Å². The Morgan fingerprint density at radius 1 is 1.07 bits per heavy atom. The van der Waals surface area contributed by atoms with Crippen molar-refractivity contribution in [2.24, 2.45) is 0 Å². The molecule has 8 nitrogen and oxygen atoms in total. The molecular formula is C20H18N2O6S. The topological polar surface area (TPSA) is 116 Å². The Morgan fingerprint density at radius 2 is 1.76 bits per heavy atom. The van der Waals surface area contributed by atoms with Crippen LogP contribution in [0.3, 0.4) is 0 Å². The van der Waals surface area contributed by atoms with Crippen LogP contribution in [0.1, 0.15) is 23.0 Å². The summed E-state index contributed by atoms with van der Waals surface area (Å²) in [5.41, 5.74) is 1.63. The Balaban J connectivity index is 1.52. The van der Waals surface area contributed by atoms with Gasteiger partial charge >= 0.3 is 5.97 Å². The van der Waals surface area contributed by atoms with Crippen LogP contribution in [0.2, 0.25) is 0 Å². The van der Waals surface area contributed by atoms with Crippen LogP contribution in [0.5, 0.6) is 0 Å². The van der Waals surface area contributed by atoms with Gasteiger partial charge in [-0.25, -0.2) is 8.42 Å². The first-order chi connectivity index (χ1) is 13.8. The van der Waals surface area contributed by atoms with Crippen molar-refractivity contribution in [3.8, 4) is 11.3 Å². The van der Waals surface area contributed by atoms with Crippen molar-refractivity contribution in [2.45, 2.75) is 18.4 Å². The number of ether oxygens (including phenoxy) is 1. The molecule has 0 unspecified atom stereocenters. The van der Waals surface area contributed by atoms with Gasteiger partial charge in [0.15, 0.2) is 11.5 Å². The first kappa shape index (κ1) is 20.4. The van der Waals surface area contributed by atoms with Gasteiger partial charge in [0.25, 0.3) is 0 Å². The maximum absolute atomic E-state index is 12.2. The van der Waals surface area contributed by atoms with Gasteiger partial charge in [0.05, 0.1) is 4.90 Å². The summed E-state index contributed by atoms with van der Waals surface area (Å²) in [5.74, 6) is -0.404. The van der Waals surface area contributed by atoms with Crippen LogP contribution in [0.25, 0.3) is 11.3 Å². The van der Waals surface area contributed by atoms with E-state index in [-0.39, 0.29) is 17.3 Å². The molecule has 0 aliphatic rings. The molecule has 1 heterocycles. The molecule has 0 amide bonds. The molecule has 29 heavy (non-hydrogen) atoms. The predicted octanol–water partition coefficient (Wildman–Crippen LogP) is 2.57. The Bertz CT molecular complexity index is 1110. The quantitative estimate of drug-likeness (QED) is 0.445. The number of carbonyl (C=O) groups is 2. The number of Topliss-reactive ketones (excluding diaryl/α,β-unsaturated/α-hetero) is 1. The summed E-state index contributed by atoms with van der Waals surface area (Å²) < 4.78 is 36.8. The van der Waals surface area contributed by atoms with Crippen LogP contribution in [0.15, 0.2) is 70.1 Å². The van der Waals surface area contributed by atoms with Gasteiger partial charge in [-0.15, -0.1) is 0 Å². The van der Waals surface area contributed by atoms with E-state index in [1.54, 1.807) is 6.07 Å². The third-order valence-electron chi connectivity index (χ3n) is 3.98. The van der Waals surface area contributed by atoms with E-state index in [9.17, 15) is 18.0 Å². The Labute approximate surface area is 167 Å². The van der Waals surface area contributed by atoms with Crippen LogP contribution in [-0.2, 0) is 26.2 Å². The van der Waals surface area contributed by atoms with E-state index in [1.807, 2.05) is 30.3 Å². The number of carbonyl (C=O) groups excluding carboxylic acids is 2. The van der Waals surface area contributed by atoms with Gasteiger partial charge in [-0.2, -0.15) is 4.72 Å². The monoisotopic (exact) mass is 414 g/mol. The molecule has 0 atom stereocenters. The zero-order valence-electron chi connectivity index (χ0n) is 15.5. The third-order valence-corrected chi connectivity index (χ3v) is 5.39. The summed E-state index contributed by atoms with van der Waals surface area (Å²) >= 11 is 0. The van der Waals surface area contributed by atoms with Gasteiger partial charge in [0, 0.05) is 17.2 Å². The maximum Gasteiger partial charge on any atom is 0.321 e. The van der Waals surface area contributed by atoms with Crippen LogP contribution in [0.4, 0.5) is 0 Å². The van der Waals surface area contributed by atoms with E-state index < -0.39 is 22.5 Å². The summed E-state index contributed by atoms with van der Waals surface area (Å²) in [7, 11) is -3.91. The highest BCUT2D eigenvalue weighted by Crippen LogP contribution is 2.20. The number of ketones is 1. The largest absolute Gasteiger partial charge is 0.458 e. The smallest absolute Gasteiger partial charge is 0.321 e. The summed E-state index contributed by atoms with van der Waals surface area (Å²) in [6.07, 6.45) is 0. The number of hydrogen-bond donors (Lipinski definition) is 1. The zero-order chi connectivity index (χ0) is 20.9. The van der Waals surface area contributed by atoms with Gasteiger partial charge in [-0.1, -0.05) is 47.6 Å². The molecule has 0 fully saturated rings. The van der Waals surface area contributed by atoms with Gasteiger partial charge in [0.2, 0.25) is 10.0 Å². The number of nitrogens with one attached hydrogen (secondary N) is 1. The minimum Gasteiger partial charge on any atom is -0.458 e. The van der Waals surface area contributed by atoms with E-state index in [2.05, 4.69) is 9.88 Å². The Kier molecular flexibility index (Phi) is 6.20. The number of nitrogens with zero attached hydrogens (tertiary/aromatic N) is 1. The van der Waals surface area contributed by atoms with E-state index in [1.165, 1.54) is 31.2 Å². The summed E-state index contributed by atoms with van der Waals surface area (Å²) in [6.45, 7) is 0.694. The summed E-state index contributed by atoms with van der Waals surface area (Å²) in [6, 6.07) is 16.4. The summed E-state index contributed by atoms with van der Waals surface area (Å²) in [5, 5.41) is 3.83. The molecule has 0 spiro atoms. The molecule has 3 aromatic rings. The van der Waals surface area contributed by atoms with Crippen LogP contribution in [0, 0.1) is 0 Å². The Morgan fingerprint density at radius 3 is 2.41 bits per heavy atom. The first-order valence-corrected chi connectivity index (χ1v) is 10.1. The number of rotatable bonds is 8. The lowest BCUT2D eigenvalue weighted by molar-refractivity contribution is -0.143. The van der Waals surface area contributed by atoms with Crippen molar-refractivity contribution in [3.63, 3.8) is 0 Å². The van der Waals surface area contributed by atoms with E-state index in [0.29, 0.717) is 17.0 Å². The molecular weight excluding hydrogens is 396 g/mol. The highest BCUT2D eigenvalue weighted by molar-refractivity contribution is 7.89. The molecule has 3 rings (SSSR count). The number of hydrogen-bond acceptors (Lipinski definition) is 7. The molecule has 9 heteroatoms. The van der Waals surface area contributed by atoms with Gasteiger partial charge < -0.3 is 9.26 Å². The number of aromatic nitrogens is 1. The van der Waals surface area contributed by atoms with E-state index in [0.717, 1.165) is 5.56 Å². The SMILES string of the molecule is CC(=O)c1ccc(S(=O)(=O)NCC(=O)OCc2cc(-c3ccccc3)on2)cc1. The fourth-order valence-electron chi connectivity index (χ4n) is 2.43. The maximum atomic E-state index is 12.2. The molecule has 2 aromatic carbocycles. The fraction of sp³-hybridized carbons (Fsp3) is 0.150. The number of esters is 1. The van der Waals surface area contributed by atoms with Gasteiger partial charge in [0.1, 0.15) is 18.8 Å². The van der Waals surface area contributed by atoms with E-state index >= 15 is 0 Å². The number of sulfonamides is 1. The van der Waals surface area contributed by atoms with Crippen molar-refractivity contribution in [3.05, 3.63) is 71.9 Å². The minimum atomic E-state index is -3.91. The molecule has 150 valence electrons. The van der Waals surface area contributed by atoms with Crippen LogP contribution in [-0.4, -0.2) is 31.9 Å². The van der Waals surface area contributed by atoms with Crippen LogP contribution < -0.4 is 4.72 Å². The van der Waals surface area contributed by atoms with Crippen molar-refractivity contribution in [2.75, 3.05) is 6.54 Å². The standard InChI is InChI=1S/C20H18N2O6S/c1-14(23)15-7-9-18(10-8-15)29(25,26)21-12-20(24)27-13-17-11-19(28-22-17)16-5-3-2-4-6-16/h2-11,21H,12-13H2,1H3. The second kappa shape index (κ2) is 8.80. The summed E-state index contributed by atoms with van der Waals surface area (Å²) in [4.78, 5) is 23.1. The molecule has 1 aromatic heterocycles. The highest BCUT2D eigenvalue weighted by Gasteiger charge is 2.17. The number of benzene rings is 2. The lowest BCUT2D eigenvalue weighted by Gasteiger charge is -2.07. The molecule has 0 aliphatic carbocycles. The first-order valence-electron chi connectivity index (χ1n) is 8.62. The van der Waals surface area contributed by atoms with Crippen molar-refractivity contribution >= 4 is 21.8 Å². The normalized spacial score (nSPS) is 11.2. The van der Waals surface area contributed by atoms with Crippen LogP contribution >= 0.6 is 0 Å². The molecule has 1 N–H and O–H groups in total.